The van der Waals surface area contributed by atoms with E-state index in [1.165, 1.54) is 16.0 Å². The van der Waals surface area contributed by atoms with Gasteiger partial charge in [-0.2, -0.15) is 0 Å². The molecule has 5 rings (SSSR count). The van der Waals surface area contributed by atoms with Crippen molar-refractivity contribution in [1.29, 1.82) is 0 Å². The molecule has 8 nitrogen and oxygen atoms in total. The van der Waals surface area contributed by atoms with Gasteiger partial charge in [0.25, 0.3) is 5.91 Å². The molecule has 0 spiro atoms. The fraction of sp³-hybridized carbons (Fsp3) is 0.538. The van der Waals surface area contributed by atoms with Crippen LogP contribution in [0.25, 0.3) is 11.1 Å². The number of para-hydroxylation sites is 1. The highest BCUT2D eigenvalue weighted by Gasteiger charge is 2.46. The Morgan fingerprint density at radius 3 is 2.62 bits per heavy atom. The first kappa shape index (κ1) is 38.9. The van der Waals surface area contributed by atoms with Gasteiger partial charge in [-0.25, -0.2) is 0 Å². The van der Waals surface area contributed by atoms with Gasteiger partial charge in [-0.15, -0.1) is 11.8 Å². The van der Waals surface area contributed by atoms with E-state index in [1.54, 1.807) is 11.9 Å². The molecule has 0 aliphatic heterocycles. The molecule has 0 bridgehead atoms. The number of carbonyl (C=O) groups is 1. The van der Waals surface area contributed by atoms with Crippen molar-refractivity contribution in [3.05, 3.63) is 77.1 Å². The van der Waals surface area contributed by atoms with Gasteiger partial charge in [0.2, 0.25) is 0 Å². The van der Waals surface area contributed by atoms with E-state index in [0.29, 0.717) is 45.0 Å². The molecule has 272 valence electrons. The van der Waals surface area contributed by atoms with Crippen molar-refractivity contribution in [3.63, 3.8) is 0 Å². The predicted molar refractivity (Wildman–Crippen MR) is 207 cm³/mol. The number of aromatic nitrogens is 1. The molecule has 2 aromatic carbocycles. The second-order valence-electron chi connectivity index (χ2n) is 13.3. The Morgan fingerprint density at radius 1 is 1.06 bits per heavy atom. The highest BCUT2D eigenvalue weighted by Crippen LogP contribution is 2.50. The summed E-state index contributed by atoms with van der Waals surface area (Å²) in [4.78, 5) is 20.6. The molecule has 1 heterocycles. The van der Waals surface area contributed by atoms with Crippen molar-refractivity contribution in [2.24, 2.45) is 0 Å². The molecule has 0 saturated heterocycles. The Balaban J connectivity index is 1.13. The molecular weight excluding hydrogens is 688 g/mol. The maximum atomic E-state index is 13.0. The van der Waals surface area contributed by atoms with Gasteiger partial charge in [0, 0.05) is 66.2 Å². The number of rotatable bonds is 24. The summed E-state index contributed by atoms with van der Waals surface area (Å²) < 4.78 is 9.53. The van der Waals surface area contributed by atoms with Crippen molar-refractivity contribution >= 4 is 41.2 Å². The minimum absolute atomic E-state index is 0.0787. The van der Waals surface area contributed by atoms with E-state index in [4.69, 9.17) is 21.4 Å². The molecule has 4 N–H and O–H groups in total. The topological polar surface area (TPSA) is 107 Å². The van der Waals surface area contributed by atoms with Gasteiger partial charge >= 0.3 is 0 Å². The summed E-state index contributed by atoms with van der Waals surface area (Å²) in [6.07, 6.45) is 14.9. The number of nitrogens with zero attached hydrogens (tertiary/aromatic N) is 2. The highest BCUT2D eigenvalue weighted by atomic mass is 35.5. The zero-order valence-corrected chi connectivity index (χ0v) is 31.6. The average Bonchev–Trinajstić information content (AvgIpc) is 4.08. The van der Waals surface area contributed by atoms with Gasteiger partial charge < -0.3 is 25.2 Å². The number of benzene rings is 2. The monoisotopic (exact) mass is 740 g/mol. The molecule has 2 fully saturated rings. The number of aliphatic hydroxyl groups is 2. The van der Waals surface area contributed by atoms with Crippen LogP contribution in [0.4, 0.5) is 0 Å². The molecule has 1 atom stereocenters. The first-order chi connectivity index (χ1) is 24.4. The number of halogens is 1. The quantitative estimate of drug-likeness (QED) is 0.0420. The van der Waals surface area contributed by atoms with E-state index in [9.17, 15) is 9.90 Å². The average molecular weight is 741 g/mol. The van der Waals surface area contributed by atoms with Gasteiger partial charge in [-0.05, 0) is 130 Å². The maximum Gasteiger partial charge on any atom is 0.251 e. The van der Waals surface area contributed by atoms with Crippen molar-refractivity contribution in [2.45, 2.75) is 99.8 Å². The number of ether oxygens (including phenoxy) is 1. The van der Waals surface area contributed by atoms with Crippen molar-refractivity contribution < 1.29 is 19.7 Å². The number of pyridine rings is 1. The molecular formula is C39H53ClN4O4S2. The summed E-state index contributed by atoms with van der Waals surface area (Å²) in [7, 11) is 0. The second kappa shape index (κ2) is 20.1. The van der Waals surface area contributed by atoms with Crippen LogP contribution in [0.3, 0.4) is 0 Å². The maximum absolute atomic E-state index is 13.0. The third kappa shape index (κ3) is 11.6. The first-order valence-corrected chi connectivity index (χ1v) is 20.7. The summed E-state index contributed by atoms with van der Waals surface area (Å²) in [6.45, 7) is 2.92. The zero-order valence-electron chi connectivity index (χ0n) is 29.2. The van der Waals surface area contributed by atoms with E-state index in [1.807, 2.05) is 47.4 Å². The van der Waals surface area contributed by atoms with Crippen molar-refractivity contribution in [3.8, 4) is 16.9 Å². The summed E-state index contributed by atoms with van der Waals surface area (Å²) >= 11 is 10.1. The van der Waals surface area contributed by atoms with Crippen LogP contribution in [0.5, 0.6) is 5.75 Å². The van der Waals surface area contributed by atoms with Crippen LogP contribution >= 0.6 is 35.3 Å². The Kier molecular flexibility index (Phi) is 15.6. The Morgan fingerprint density at radius 2 is 1.86 bits per heavy atom. The Hall–Kier alpha value is -2.31. The van der Waals surface area contributed by atoms with Gasteiger partial charge in [0.15, 0.2) is 0 Å². The van der Waals surface area contributed by atoms with E-state index < -0.39 is 6.10 Å². The van der Waals surface area contributed by atoms with E-state index in [2.05, 4.69) is 51.4 Å². The largest absolute Gasteiger partial charge is 0.490 e. The number of nitrogens with one attached hydrogen (secondary N) is 2. The number of carbonyl (C=O) groups excluding carboxylic acids is 1. The lowest BCUT2D eigenvalue weighted by molar-refractivity contribution is -0.140. The molecule has 50 heavy (non-hydrogen) atoms. The van der Waals surface area contributed by atoms with Crippen LogP contribution in [-0.2, 0) is 16.9 Å². The summed E-state index contributed by atoms with van der Waals surface area (Å²) in [6, 6.07) is 16.7. The third-order valence-electron chi connectivity index (χ3n) is 9.39. The minimum Gasteiger partial charge on any atom is -0.490 e. The molecule has 1 unspecified atom stereocenters. The van der Waals surface area contributed by atoms with Crippen LogP contribution in [0.2, 0.25) is 5.02 Å². The molecule has 0 radical (unpaired) electrons. The molecule has 1 aromatic heterocycles. The lowest BCUT2D eigenvalue weighted by Crippen LogP contribution is -2.40. The summed E-state index contributed by atoms with van der Waals surface area (Å²) in [5, 5.41) is 24.2. The SMILES string of the molecule is CSNCCCCN(CCCCSc1ccc(Cl)c(CNC2(c3cnccc3-c3ccccc3OC3CC3)CC2)c1)C(=O)C(O)CCCCO. The summed E-state index contributed by atoms with van der Waals surface area (Å²) in [5.41, 5.74) is 4.42. The molecule has 1 amide bonds. The molecule has 2 saturated carbocycles. The molecule has 11 heteroatoms. The molecule has 2 aliphatic rings. The van der Waals surface area contributed by atoms with E-state index >= 15 is 0 Å². The second-order valence-corrected chi connectivity index (χ2v) is 15.6. The number of hydrogen-bond acceptors (Lipinski definition) is 9. The predicted octanol–water partition coefficient (Wildman–Crippen LogP) is 7.59. The van der Waals surface area contributed by atoms with Crippen LogP contribution in [0, 0.1) is 0 Å². The minimum atomic E-state index is -1.00. The zero-order chi connectivity index (χ0) is 35.2. The van der Waals surface area contributed by atoms with Crippen LogP contribution in [0.1, 0.15) is 81.8 Å². The Bertz CT molecular complexity index is 1510. The van der Waals surface area contributed by atoms with Crippen LogP contribution in [-0.4, -0.2) is 76.5 Å². The van der Waals surface area contributed by atoms with Crippen LogP contribution in [0.15, 0.2) is 65.8 Å². The smallest absolute Gasteiger partial charge is 0.251 e. The lowest BCUT2D eigenvalue weighted by Gasteiger charge is -2.25. The van der Waals surface area contributed by atoms with Gasteiger partial charge in [-0.3, -0.25) is 14.5 Å². The van der Waals surface area contributed by atoms with Gasteiger partial charge in [-0.1, -0.05) is 41.7 Å². The standard InChI is InChI=1S/C39H53ClN4O4S2/c1-49-43-20-5-6-22-44(38(47)36(46)11-4-8-24-45)23-7-9-25-50-31-15-16-35(40)29(26-31)27-42-39(18-19-39)34-28-41-21-17-32(34)33-10-2-3-12-37(33)48-30-13-14-30/h2-3,10,12,15-17,21,26,28,30,36,42-43,45-46H,4-9,11,13-14,18-20,22-25,27H2,1H3. The van der Waals surface area contributed by atoms with Crippen molar-refractivity contribution in [2.75, 3.05) is 38.2 Å². The number of amides is 1. The number of aliphatic hydroxyl groups excluding tert-OH is 2. The first-order valence-electron chi connectivity index (χ1n) is 18.1. The summed E-state index contributed by atoms with van der Waals surface area (Å²) in [5.74, 6) is 1.68. The van der Waals surface area contributed by atoms with Crippen molar-refractivity contribution in [1.82, 2.24) is 19.9 Å². The van der Waals surface area contributed by atoms with Gasteiger partial charge in [0.05, 0.1) is 6.10 Å². The molecule has 3 aromatic rings. The fourth-order valence-electron chi connectivity index (χ4n) is 6.19. The van der Waals surface area contributed by atoms with Crippen LogP contribution < -0.4 is 14.8 Å². The number of unbranched alkanes of at least 4 members (excludes halogenated alkanes) is 3. The molecule has 2 aliphatic carbocycles. The number of hydrogen-bond donors (Lipinski definition) is 4. The number of thioether (sulfide) groups is 1. The third-order valence-corrected chi connectivity index (χ3v) is 11.3. The van der Waals surface area contributed by atoms with E-state index in [0.717, 1.165) is 85.6 Å². The lowest BCUT2D eigenvalue weighted by atomic mass is 9.94. The highest BCUT2D eigenvalue weighted by molar-refractivity contribution is 7.99. The van der Waals surface area contributed by atoms with Gasteiger partial charge in [0.1, 0.15) is 11.9 Å². The Labute approximate surface area is 311 Å². The normalized spacial score (nSPS) is 15.5. The fourth-order valence-corrected chi connectivity index (χ4v) is 7.69. The van der Waals surface area contributed by atoms with E-state index in [-0.39, 0.29) is 18.1 Å².